The van der Waals surface area contributed by atoms with Gasteiger partial charge in [0.25, 0.3) is 5.91 Å². The van der Waals surface area contributed by atoms with E-state index in [4.69, 9.17) is 11.6 Å². The zero-order valence-electron chi connectivity index (χ0n) is 19.0. The van der Waals surface area contributed by atoms with Crippen LogP contribution in [-0.2, 0) is 0 Å². The largest absolute Gasteiger partial charge is 0.319 e. The number of rotatable bonds is 4. The van der Waals surface area contributed by atoms with Crippen LogP contribution in [0.25, 0.3) is 0 Å². The molecule has 0 unspecified atom stereocenters. The number of carbonyl (C=O) groups is 2. The number of aryl methyl sites for hydroxylation is 1. The van der Waals surface area contributed by atoms with E-state index in [1.54, 1.807) is 12.1 Å². The van der Waals surface area contributed by atoms with E-state index in [1.807, 2.05) is 47.4 Å². The van der Waals surface area contributed by atoms with Crippen molar-refractivity contribution in [2.75, 3.05) is 31.6 Å². The molecule has 3 atom stereocenters. The Bertz CT molecular complexity index is 1230. The number of benzene rings is 3. The number of anilines is 1. The quantitative estimate of drug-likeness (QED) is 0.382. The monoisotopic (exact) mass is 459 g/mol. The van der Waals surface area contributed by atoms with E-state index in [0.29, 0.717) is 21.6 Å². The first-order valence-corrected chi connectivity index (χ1v) is 11.8. The van der Waals surface area contributed by atoms with Crippen molar-refractivity contribution in [3.8, 4) is 0 Å². The average Bonchev–Trinajstić information content (AvgIpc) is 3.11. The van der Waals surface area contributed by atoms with Crippen molar-refractivity contribution in [1.29, 1.82) is 0 Å². The van der Waals surface area contributed by atoms with E-state index in [-0.39, 0.29) is 23.7 Å². The van der Waals surface area contributed by atoms with Gasteiger partial charge in [0.15, 0.2) is 0 Å². The van der Waals surface area contributed by atoms with Gasteiger partial charge in [-0.05, 0) is 30.7 Å². The summed E-state index contributed by atoms with van der Waals surface area (Å²) in [5.74, 6) is 0.311. The van der Waals surface area contributed by atoms with Gasteiger partial charge in [0, 0.05) is 17.7 Å². The summed E-state index contributed by atoms with van der Waals surface area (Å²) < 4.78 is 0.677. The number of likely N-dealkylation sites (N-methyl/N-ethyl adjacent to an activating group) is 1. The number of piperidine rings is 1. The molecule has 1 saturated heterocycles. The molecule has 1 amide bonds. The molecule has 2 aliphatic rings. The summed E-state index contributed by atoms with van der Waals surface area (Å²) in [5.41, 5.74) is 4.66. The third-order valence-corrected chi connectivity index (χ3v) is 7.51. The first-order valence-electron chi connectivity index (χ1n) is 11.5. The number of halogens is 1. The number of quaternary nitrogens is 1. The van der Waals surface area contributed by atoms with Gasteiger partial charge in [0.1, 0.15) is 6.54 Å². The van der Waals surface area contributed by atoms with E-state index in [2.05, 4.69) is 32.2 Å². The fourth-order valence-electron chi connectivity index (χ4n) is 5.55. The zero-order valence-corrected chi connectivity index (χ0v) is 19.8. The summed E-state index contributed by atoms with van der Waals surface area (Å²) >= 11 is 6.40. The maximum Gasteiger partial charge on any atom is 0.260 e. The molecule has 0 bridgehead atoms. The average molecular weight is 460 g/mol. The standard InChI is InChI=1S/C28H28ClN2O2/c1-19-12-13-25-22(16-19)23-17-31(2,18-27(32)20-8-4-3-5-9-20)15-14-26(23)30(25)28(33)21-10-6-7-11-24(21)29/h3-13,16,23,26H,14-15,17-18H2,1-2H3/q+1/t23-,26-,31-/m0/s1. The van der Waals surface area contributed by atoms with Crippen molar-refractivity contribution >= 4 is 29.0 Å². The van der Waals surface area contributed by atoms with E-state index in [9.17, 15) is 9.59 Å². The van der Waals surface area contributed by atoms with E-state index in [0.717, 1.165) is 30.8 Å². The van der Waals surface area contributed by atoms with Gasteiger partial charge in [0.2, 0.25) is 5.78 Å². The molecule has 2 aliphatic heterocycles. The molecule has 0 aliphatic carbocycles. The Morgan fingerprint density at radius 3 is 2.52 bits per heavy atom. The smallest absolute Gasteiger partial charge is 0.260 e. The number of hydrogen-bond acceptors (Lipinski definition) is 2. The lowest BCUT2D eigenvalue weighted by Crippen LogP contribution is -2.58. The Balaban J connectivity index is 1.47. The molecule has 0 radical (unpaired) electrons. The number of likely N-dealkylation sites (tertiary alicyclic amines) is 1. The van der Waals surface area contributed by atoms with Gasteiger partial charge in [-0.1, -0.05) is 71.8 Å². The molecule has 168 valence electrons. The van der Waals surface area contributed by atoms with E-state index >= 15 is 0 Å². The van der Waals surface area contributed by atoms with Crippen LogP contribution < -0.4 is 4.90 Å². The van der Waals surface area contributed by atoms with E-state index < -0.39 is 0 Å². The Labute approximate surface area is 200 Å². The molecule has 0 spiro atoms. The Morgan fingerprint density at radius 2 is 1.76 bits per heavy atom. The summed E-state index contributed by atoms with van der Waals surface area (Å²) in [6.07, 6.45) is 0.840. The third kappa shape index (κ3) is 3.98. The molecule has 3 aromatic rings. The Hall–Kier alpha value is -2.95. The second kappa shape index (κ2) is 8.44. The molecular formula is C28H28ClN2O2+. The number of amides is 1. The lowest BCUT2D eigenvalue weighted by molar-refractivity contribution is -0.907. The minimum Gasteiger partial charge on any atom is -0.319 e. The molecule has 2 heterocycles. The van der Waals surface area contributed by atoms with Crippen LogP contribution in [0.5, 0.6) is 0 Å². The number of ketones is 1. The summed E-state index contributed by atoms with van der Waals surface area (Å²) in [6.45, 7) is 4.22. The topological polar surface area (TPSA) is 37.4 Å². The number of fused-ring (bicyclic) bond motifs is 3. The zero-order chi connectivity index (χ0) is 23.2. The fraction of sp³-hybridized carbons (Fsp3) is 0.286. The number of nitrogens with zero attached hydrogens (tertiary/aromatic N) is 2. The van der Waals surface area contributed by atoms with Crippen LogP contribution in [0, 0.1) is 6.92 Å². The maximum atomic E-state index is 13.7. The summed E-state index contributed by atoms with van der Waals surface area (Å²) in [7, 11) is 2.17. The summed E-state index contributed by atoms with van der Waals surface area (Å²) in [5, 5.41) is 0.476. The van der Waals surface area contributed by atoms with Crippen LogP contribution >= 0.6 is 11.6 Å². The molecule has 0 N–H and O–H groups in total. The first-order chi connectivity index (χ1) is 15.9. The van der Waals surface area contributed by atoms with Gasteiger partial charge in [-0.2, -0.15) is 0 Å². The minimum atomic E-state index is -0.0466. The van der Waals surface area contributed by atoms with Crippen LogP contribution in [0.1, 0.15) is 44.2 Å². The van der Waals surface area contributed by atoms with Crippen LogP contribution in [0.3, 0.4) is 0 Å². The Morgan fingerprint density at radius 1 is 1.03 bits per heavy atom. The first kappa shape index (κ1) is 21.9. The predicted molar refractivity (Wildman–Crippen MR) is 132 cm³/mol. The lowest BCUT2D eigenvalue weighted by atomic mass is 9.87. The third-order valence-electron chi connectivity index (χ3n) is 7.18. The van der Waals surface area contributed by atoms with Gasteiger partial charge >= 0.3 is 0 Å². The minimum absolute atomic E-state index is 0.0466. The highest BCUT2D eigenvalue weighted by Gasteiger charge is 2.49. The highest BCUT2D eigenvalue weighted by molar-refractivity contribution is 6.34. The van der Waals surface area contributed by atoms with Crippen LogP contribution in [0.15, 0.2) is 72.8 Å². The maximum absolute atomic E-state index is 13.7. The molecule has 5 heteroatoms. The van der Waals surface area contributed by atoms with Crippen molar-refractivity contribution in [3.05, 3.63) is 100 Å². The van der Waals surface area contributed by atoms with Crippen molar-refractivity contribution in [2.45, 2.75) is 25.3 Å². The number of carbonyl (C=O) groups excluding carboxylic acids is 2. The highest BCUT2D eigenvalue weighted by atomic mass is 35.5. The van der Waals surface area contributed by atoms with Crippen LogP contribution in [-0.4, -0.2) is 48.9 Å². The van der Waals surface area contributed by atoms with Crippen molar-refractivity contribution in [1.82, 2.24) is 0 Å². The molecule has 0 saturated carbocycles. The molecule has 33 heavy (non-hydrogen) atoms. The molecule has 1 fully saturated rings. The lowest BCUT2D eigenvalue weighted by Gasteiger charge is -2.44. The Kier molecular flexibility index (Phi) is 5.59. The highest BCUT2D eigenvalue weighted by Crippen LogP contribution is 2.47. The molecule has 0 aromatic heterocycles. The predicted octanol–water partition coefficient (Wildman–Crippen LogP) is 5.49. The van der Waals surface area contributed by atoms with E-state index in [1.165, 1.54) is 11.1 Å². The summed E-state index contributed by atoms with van der Waals surface area (Å²) in [6, 6.07) is 23.2. The molecule has 5 rings (SSSR count). The van der Waals surface area contributed by atoms with Gasteiger partial charge in [-0.3, -0.25) is 9.59 Å². The van der Waals surface area contributed by atoms with Crippen molar-refractivity contribution in [2.24, 2.45) is 0 Å². The number of Topliss-reactive ketones (excluding diaryl/α,β-unsaturated/α-hetero) is 1. The second-order valence-corrected chi connectivity index (χ2v) is 10.1. The molecule has 4 nitrogen and oxygen atoms in total. The van der Waals surface area contributed by atoms with Crippen LogP contribution in [0.2, 0.25) is 5.02 Å². The molecular weight excluding hydrogens is 432 g/mol. The van der Waals surface area contributed by atoms with Gasteiger partial charge in [0.05, 0.1) is 42.7 Å². The van der Waals surface area contributed by atoms with Crippen molar-refractivity contribution < 1.29 is 14.1 Å². The van der Waals surface area contributed by atoms with Gasteiger partial charge in [-0.25, -0.2) is 0 Å². The normalized spacial score (nSPS) is 23.7. The van der Waals surface area contributed by atoms with Crippen LogP contribution in [0.4, 0.5) is 5.69 Å². The fourth-order valence-corrected chi connectivity index (χ4v) is 5.76. The SMILES string of the molecule is Cc1ccc2c(c1)[C@@H]1C[N@@+](C)(CC(=O)c3ccccc3)CC[C@@H]1N2C(=O)c1ccccc1Cl. The molecule has 3 aromatic carbocycles. The van der Waals surface area contributed by atoms with Gasteiger partial charge < -0.3 is 9.38 Å². The number of hydrogen-bond donors (Lipinski definition) is 0. The second-order valence-electron chi connectivity index (χ2n) is 9.65. The van der Waals surface area contributed by atoms with Gasteiger partial charge in [-0.15, -0.1) is 0 Å². The summed E-state index contributed by atoms with van der Waals surface area (Å²) in [4.78, 5) is 28.6. The van der Waals surface area contributed by atoms with Crippen molar-refractivity contribution in [3.63, 3.8) is 0 Å².